The zero-order valence-corrected chi connectivity index (χ0v) is 16.3. The molecule has 0 aromatic carbocycles. The lowest BCUT2D eigenvalue weighted by Gasteiger charge is -2.22. The summed E-state index contributed by atoms with van der Waals surface area (Å²) < 4.78 is 1.91. The Morgan fingerprint density at radius 1 is 1.34 bits per heavy atom. The molecular formula is C20H23N5O4. The van der Waals surface area contributed by atoms with Crippen molar-refractivity contribution in [3.05, 3.63) is 53.1 Å². The van der Waals surface area contributed by atoms with E-state index in [1.807, 2.05) is 17.5 Å². The van der Waals surface area contributed by atoms with Crippen molar-refractivity contribution in [2.45, 2.75) is 26.7 Å². The Hall–Kier alpha value is -3.49. The second kappa shape index (κ2) is 8.68. The molecule has 0 radical (unpaired) electrons. The van der Waals surface area contributed by atoms with Crippen molar-refractivity contribution in [3.8, 4) is 0 Å². The molecule has 1 saturated heterocycles. The van der Waals surface area contributed by atoms with Crippen molar-refractivity contribution in [1.29, 1.82) is 0 Å². The van der Waals surface area contributed by atoms with Crippen LogP contribution in [-0.2, 0) is 11.2 Å². The molecule has 4 rings (SSSR count). The zero-order chi connectivity index (χ0) is 21.0. The van der Waals surface area contributed by atoms with Crippen LogP contribution in [0.5, 0.6) is 0 Å². The fourth-order valence-electron chi connectivity index (χ4n) is 3.73. The minimum absolute atomic E-state index is 0.246. The number of rotatable bonds is 4. The minimum atomic E-state index is -0.934. The summed E-state index contributed by atoms with van der Waals surface area (Å²) in [5.41, 5.74) is 4.26. The van der Waals surface area contributed by atoms with E-state index in [0.29, 0.717) is 5.92 Å². The average Bonchev–Trinajstić information content (AvgIpc) is 3.33. The van der Waals surface area contributed by atoms with Crippen LogP contribution in [0.25, 0.3) is 5.65 Å². The van der Waals surface area contributed by atoms with E-state index in [2.05, 4.69) is 26.9 Å². The van der Waals surface area contributed by atoms with E-state index in [4.69, 9.17) is 15.0 Å². The molecule has 1 aliphatic heterocycles. The summed E-state index contributed by atoms with van der Waals surface area (Å²) in [6, 6.07) is 3.65. The predicted molar refractivity (Wildman–Crippen MR) is 106 cm³/mol. The zero-order valence-electron chi connectivity index (χ0n) is 16.3. The van der Waals surface area contributed by atoms with Crippen molar-refractivity contribution in [3.63, 3.8) is 0 Å². The maximum Gasteiger partial charge on any atom is 0.337 e. The Labute approximate surface area is 167 Å². The molecule has 9 nitrogen and oxygen atoms in total. The van der Waals surface area contributed by atoms with Gasteiger partial charge in [-0.15, -0.1) is 0 Å². The van der Waals surface area contributed by atoms with Gasteiger partial charge in [-0.2, -0.15) is 9.61 Å². The first kappa shape index (κ1) is 20.2. The van der Waals surface area contributed by atoms with Crippen LogP contribution in [0.4, 0.5) is 5.82 Å². The maximum absolute atomic E-state index is 11.1. The topological polar surface area (TPSA) is 121 Å². The van der Waals surface area contributed by atoms with Gasteiger partial charge in [0.15, 0.2) is 5.65 Å². The van der Waals surface area contributed by atoms with Crippen LogP contribution in [0.2, 0.25) is 0 Å². The first-order chi connectivity index (χ1) is 13.9. The number of anilines is 1. The van der Waals surface area contributed by atoms with Gasteiger partial charge in [0.1, 0.15) is 5.82 Å². The Bertz CT molecular complexity index is 1030. The number of nitrogens with zero attached hydrogens (tertiary/aromatic N) is 5. The van der Waals surface area contributed by atoms with E-state index in [1.165, 1.54) is 6.20 Å². The molecule has 0 spiro atoms. The second-order valence-corrected chi connectivity index (χ2v) is 7.04. The molecule has 0 aliphatic carbocycles. The number of hydrogen-bond donors (Lipinski definition) is 2. The van der Waals surface area contributed by atoms with Gasteiger partial charge in [-0.3, -0.25) is 9.78 Å². The van der Waals surface area contributed by atoms with Crippen LogP contribution < -0.4 is 4.90 Å². The molecule has 152 valence electrons. The highest BCUT2D eigenvalue weighted by Gasteiger charge is 2.27. The second-order valence-electron chi connectivity index (χ2n) is 7.04. The number of fused-ring (bicyclic) bond motifs is 1. The number of aromatic nitrogens is 4. The summed E-state index contributed by atoms with van der Waals surface area (Å²) in [5.74, 6) is 0.632. The van der Waals surface area contributed by atoms with Crippen molar-refractivity contribution in [2.75, 3.05) is 18.0 Å². The summed E-state index contributed by atoms with van der Waals surface area (Å²) in [4.78, 5) is 30.5. The van der Waals surface area contributed by atoms with Crippen LogP contribution in [-0.4, -0.2) is 55.3 Å². The summed E-state index contributed by atoms with van der Waals surface area (Å²) >= 11 is 0. The highest BCUT2D eigenvalue weighted by atomic mass is 16.4. The first-order valence-corrected chi connectivity index (χ1v) is 9.25. The van der Waals surface area contributed by atoms with Gasteiger partial charge in [0.2, 0.25) is 0 Å². The molecule has 1 fully saturated rings. The third kappa shape index (κ3) is 4.34. The van der Waals surface area contributed by atoms with Crippen molar-refractivity contribution in [2.24, 2.45) is 5.92 Å². The largest absolute Gasteiger partial charge is 0.483 e. The van der Waals surface area contributed by atoms with E-state index in [-0.39, 0.29) is 12.0 Å². The summed E-state index contributed by atoms with van der Waals surface area (Å²) in [6.45, 7) is 5.74. The molecule has 1 unspecified atom stereocenters. The van der Waals surface area contributed by atoms with Gasteiger partial charge >= 0.3 is 5.97 Å². The van der Waals surface area contributed by atoms with Gasteiger partial charge in [-0.25, -0.2) is 9.78 Å². The molecule has 0 saturated carbocycles. The molecule has 2 N–H and O–H groups in total. The molecule has 1 aliphatic rings. The van der Waals surface area contributed by atoms with E-state index in [1.54, 1.807) is 18.5 Å². The van der Waals surface area contributed by atoms with E-state index >= 15 is 0 Å². The number of carboxylic acid groups (broad SMARTS) is 2. The number of carboxylic acids is 1. The SMILES string of the molecule is Cc1nc2ccnn2c(N2CCC(Cc3cncc(C(=O)O)c3)C2)c1C.O=CO. The van der Waals surface area contributed by atoms with Gasteiger partial charge in [-0.1, -0.05) is 0 Å². The van der Waals surface area contributed by atoms with E-state index in [0.717, 1.165) is 54.2 Å². The first-order valence-electron chi connectivity index (χ1n) is 9.25. The van der Waals surface area contributed by atoms with Crippen LogP contribution >= 0.6 is 0 Å². The molecule has 0 amide bonds. The Balaban J connectivity index is 0.000000755. The molecule has 29 heavy (non-hydrogen) atoms. The van der Waals surface area contributed by atoms with Gasteiger partial charge in [-0.05, 0) is 44.2 Å². The molecule has 0 bridgehead atoms. The number of pyridine rings is 1. The lowest BCUT2D eigenvalue weighted by molar-refractivity contribution is -0.122. The van der Waals surface area contributed by atoms with Gasteiger partial charge in [0, 0.05) is 42.8 Å². The number of aryl methyl sites for hydroxylation is 1. The van der Waals surface area contributed by atoms with Gasteiger partial charge in [0.25, 0.3) is 6.47 Å². The van der Waals surface area contributed by atoms with Crippen molar-refractivity contribution >= 4 is 23.9 Å². The number of carbonyl (C=O) groups is 2. The quantitative estimate of drug-likeness (QED) is 0.643. The lowest BCUT2D eigenvalue weighted by Crippen LogP contribution is -2.25. The summed E-state index contributed by atoms with van der Waals surface area (Å²) in [5, 5.41) is 20.5. The number of hydrogen-bond acceptors (Lipinski definition) is 6. The molecule has 3 aromatic heterocycles. The Kier molecular flexibility index (Phi) is 6.06. The molecule has 9 heteroatoms. The minimum Gasteiger partial charge on any atom is -0.483 e. The average molecular weight is 397 g/mol. The molecule has 3 aromatic rings. The molecule has 1 atom stereocenters. The van der Waals surface area contributed by atoms with E-state index < -0.39 is 5.97 Å². The molecule has 4 heterocycles. The summed E-state index contributed by atoms with van der Waals surface area (Å²) in [7, 11) is 0. The van der Waals surface area contributed by atoms with Crippen molar-refractivity contribution in [1.82, 2.24) is 19.6 Å². The standard InChI is InChI=1S/C19H21N5O2.CH2O2/c1-12-13(2)22-17-3-5-21-24(17)18(12)23-6-4-14(11-23)7-15-8-16(19(25)26)10-20-9-15;2-1-3/h3,5,8-10,14H,4,6-7,11H2,1-2H3,(H,25,26);1H,(H,2,3). The Morgan fingerprint density at radius 2 is 2.10 bits per heavy atom. The Morgan fingerprint density at radius 3 is 2.83 bits per heavy atom. The van der Waals surface area contributed by atoms with Crippen LogP contribution in [0, 0.1) is 19.8 Å². The highest BCUT2D eigenvalue weighted by molar-refractivity contribution is 5.87. The highest BCUT2D eigenvalue weighted by Crippen LogP contribution is 2.30. The third-order valence-corrected chi connectivity index (χ3v) is 5.14. The van der Waals surface area contributed by atoms with Crippen molar-refractivity contribution < 1.29 is 19.8 Å². The molecular weight excluding hydrogens is 374 g/mol. The summed E-state index contributed by atoms with van der Waals surface area (Å²) in [6.07, 6.45) is 6.82. The monoisotopic (exact) mass is 397 g/mol. The predicted octanol–water partition coefficient (Wildman–Crippen LogP) is 2.21. The lowest BCUT2D eigenvalue weighted by atomic mass is 9.99. The van der Waals surface area contributed by atoms with E-state index in [9.17, 15) is 4.79 Å². The maximum atomic E-state index is 11.1. The fourth-order valence-corrected chi connectivity index (χ4v) is 3.73. The normalized spacial score (nSPS) is 15.8. The third-order valence-electron chi connectivity index (χ3n) is 5.14. The van der Waals surface area contributed by atoms with Gasteiger partial charge < -0.3 is 15.1 Å². The van der Waals surface area contributed by atoms with Crippen LogP contribution in [0.15, 0.2) is 30.7 Å². The van der Waals surface area contributed by atoms with Crippen LogP contribution in [0.3, 0.4) is 0 Å². The smallest absolute Gasteiger partial charge is 0.337 e. The van der Waals surface area contributed by atoms with Crippen LogP contribution in [0.1, 0.15) is 33.6 Å². The van der Waals surface area contributed by atoms with Gasteiger partial charge in [0.05, 0.1) is 11.8 Å². The fraction of sp³-hybridized carbons (Fsp3) is 0.350. The number of aromatic carboxylic acids is 1.